The zero-order valence-corrected chi connectivity index (χ0v) is 15.6. The molecular formula is C17H20N4O5S. The van der Waals surface area contributed by atoms with Gasteiger partial charge in [0.05, 0.1) is 15.5 Å². The van der Waals surface area contributed by atoms with E-state index in [1.54, 1.807) is 24.3 Å². The summed E-state index contributed by atoms with van der Waals surface area (Å²) in [5, 5.41) is 11.0. The van der Waals surface area contributed by atoms with Gasteiger partial charge >= 0.3 is 0 Å². The Morgan fingerprint density at radius 1 is 1.22 bits per heavy atom. The maximum Gasteiger partial charge on any atom is 0.270 e. The summed E-state index contributed by atoms with van der Waals surface area (Å²) >= 11 is 0. The molecule has 0 aliphatic heterocycles. The molecule has 2 aromatic rings. The number of carbonyl (C=O) groups is 1. The standard InChI is InChI=1S/C17H20N4O5S/c1-12(2)15-8-3-4-9-16(15)20(11-17(22)19-18)27(25,26)14-7-5-6-13(10-14)21(23)24/h3-10,12H,11,18H2,1-2H3,(H,19,22). The number of hydrogen-bond donors (Lipinski definition) is 2. The Balaban J connectivity index is 2.65. The van der Waals surface area contributed by atoms with Crippen molar-refractivity contribution in [3.05, 3.63) is 64.2 Å². The minimum Gasteiger partial charge on any atom is -0.293 e. The average Bonchev–Trinajstić information content (AvgIpc) is 2.65. The molecule has 1 amide bonds. The summed E-state index contributed by atoms with van der Waals surface area (Å²) in [5.74, 6) is 4.39. The van der Waals surface area contributed by atoms with Crippen LogP contribution in [0.2, 0.25) is 0 Å². The molecule has 2 rings (SSSR count). The number of nitrogens with two attached hydrogens (primary N) is 1. The van der Waals surface area contributed by atoms with Crippen LogP contribution in [0.4, 0.5) is 11.4 Å². The van der Waals surface area contributed by atoms with Gasteiger partial charge < -0.3 is 0 Å². The Hall–Kier alpha value is -2.98. The number of amides is 1. The first-order valence-electron chi connectivity index (χ1n) is 8.04. The molecule has 0 heterocycles. The molecular weight excluding hydrogens is 372 g/mol. The predicted molar refractivity (Wildman–Crippen MR) is 100 cm³/mol. The van der Waals surface area contributed by atoms with Crippen molar-refractivity contribution in [2.45, 2.75) is 24.7 Å². The fourth-order valence-corrected chi connectivity index (χ4v) is 4.05. The SMILES string of the molecule is CC(C)c1ccccc1N(CC(=O)NN)S(=O)(=O)c1cccc([N+](=O)[O-])c1. The van der Waals surface area contributed by atoms with Gasteiger partial charge in [0.1, 0.15) is 6.54 Å². The van der Waals surface area contributed by atoms with E-state index in [1.807, 2.05) is 19.3 Å². The zero-order chi connectivity index (χ0) is 20.2. The molecule has 27 heavy (non-hydrogen) atoms. The van der Waals surface area contributed by atoms with Crippen molar-refractivity contribution in [2.75, 3.05) is 10.8 Å². The smallest absolute Gasteiger partial charge is 0.270 e. The minimum atomic E-state index is -4.26. The molecule has 0 aliphatic rings. The minimum absolute atomic E-state index is 0.0232. The predicted octanol–water partition coefficient (Wildman–Crippen LogP) is 1.90. The maximum atomic E-state index is 13.2. The molecule has 0 saturated carbocycles. The molecule has 0 aliphatic carbocycles. The van der Waals surface area contributed by atoms with Gasteiger partial charge in [-0.1, -0.05) is 38.1 Å². The number of nitro groups is 1. The molecule has 2 aromatic carbocycles. The number of rotatable bonds is 7. The van der Waals surface area contributed by atoms with E-state index in [0.29, 0.717) is 11.3 Å². The molecule has 0 unspecified atom stereocenters. The van der Waals surface area contributed by atoms with E-state index in [4.69, 9.17) is 5.84 Å². The van der Waals surface area contributed by atoms with Gasteiger partial charge in [-0.15, -0.1) is 0 Å². The van der Waals surface area contributed by atoms with Crippen molar-refractivity contribution in [1.29, 1.82) is 0 Å². The lowest BCUT2D eigenvalue weighted by Gasteiger charge is -2.27. The third-order valence-corrected chi connectivity index (χ3v) is 5.65. The quantitative estimate of drug-likeness (QED) is 0.320. The van der Waals surface area contributed by atoms with Crippen molar-refractivity contribution in [2.24, 2.45) is 5.84 Å². The molecule has 0 atom stereocenters. The van der Waals surface area contributed by atoms with Gasteiger partial charge in [0.15, 0.2) is 0 Å². The average molecular weight is 392 g/mol. The van der Waals surface area contributed by atoms with Crippen LogP contribution in [0.25, 0.3) is 0 Å². The third-order valence-electron chi connectivity index (χ3n) is 3.89. The first-order valence-corrected chi connectivity index (χ1v) is 9.48. The van der Waals surface area contributed by atoms with Crippen LogP contribution in [-0.4, -0.2) is 25.8 Å². The van der Waals surface area contributed by atoms with Crippen LogP contribution in [0.3, 0.4) is 0 Å². The van der Waals surface area contributed by atoms with E-state index in [1.165, 1.54) is 18.2 Å². The number of nitrogens with one attached hydrogen (secondary N) is 1. The topological polar surface area (TPSA) is 136 Å². The van der Waals surface area contributed by atoms with Gasteiger partial charge in [-0.3, -0.25) is 24.6 Å². The molecule has 0 fully saturated rings. The molecule has 0 aromatic heterocycles. The Kier molecular flexibility index (Phi) is 6.13. The van der Waals surface area contributed by atoms with Crippen LogP contribution < -0.4 is 15.6 Å². The van der Waals surface area contributed by atoms with E-state index in [2.05, 4.69) is 0 Å². The van der Waals surface area contributed by atoms with Gasteiger partial charge in [0.25, 0.3) is 21.6 Å². The van der Waals surface area contributed by atoms with Crippen LogP contribution in [-0.2, 0) is 14.8 Å². The Labute approximate surface area is 157 Å². The van der Waals surface area contributed by atoms with E-state index < -0.39 is 27.4 Å². The number of hydrazine groups is 1. The third kappa shape index (κ3) is 4.41. The van der Waals surface area contributed by atoms with Crippen LogP contribution in [0.1, 0.15) is 25.3 Å². The van der Waals surface area contributed by atoms with Gasteiger partial charge in [-0.25, -0.2) is 14.3 Å². The molecule has 0 bridgehead atoms. The summed E-state index contributed by atoms with van der Waals surface area (Å²) < 4.78 is 27.3. The number of hydrogen-bond acceptors (Lipinski definition) is 6. The number of para-hydroxylation sites is 1. The monoisotopic (exact) mass is 392 g/mol. The van der Waals surface area contributed by atoms with Crippen LogP contribution >= 0.6 is 0 Å². The summed E-state index contributed by atoms with van der Waals surface area (Å²) in [5.41, 5.74) is 2.56. The van der Waals surface area contributed by atoms with E-state index in [9.17, 15) is 23.3 Å². The Morgan fingerprint density at radius 2 is 1.89 bits per heavy atom. The molecule has 3 N–H and O–H groups in total. The van der Waals surface area contributed by atoms with Crippen molar-refractivity contribution < 1.29 is 18.1 Å². The number of carbonyl (C=O) groups excluding carboxylic acids is 1. The van der Waals surface area contributed by atoms with Crippen molar-refractivity contribution in [3.63, 3.8) is 0 Å². The number of anilines is 1. The first-order chi connectivity index (χ1) is 12.7. The fourth-order valence-electron chi connectivity index (χ4n) is 2.56. The van der Waals surface area contributed by atoms with Crippen molar-refractivity contribution in [1.82, 2.24) is 5.43 Å². The van der Waals surface area contributed by atoms with Gasteiger partial charge in [-0.05, 0) is 23.6 Å². The summed E-state index contributed by atoms with van der Waals surface area (Å²) in [6, 6.07) is 11.4. The summed E-state index contributed by atoms with van der Waals surface area (Å²) in [7, 11) is -4.26. The highest BCUT2D eigenvalue weighted by Crippen LogP contribution is 2.32. The number of benzene rings is 2. The van der Waals surface area contributed by atoms with Crippen LogP contribution in [0, 0.1) is 10.1 Å². The lowest BCUT2D eigenvalue weighted by atomic mass is 10.0. The maximum absolute atomic E-state index is 13.2. The number of nitro benzene ring substituents is 1. The lowest BCUT2D eigenvalue weighted by Crippen LogP contribution is -2.43. The number of sulfonamides is 1. The molecule has 0 spiro atoms. The van der Waals surface area contributed by atoms with Crippen LogP contribution in [0.5, 0.6) is 0 Å². The lowest BCUT2D eigenvalue weighted by molar-refractivity contribution is -0.385. The molecule has 9 nitrogen and oxygen atoms in total. The second-order valence-corrected chi connectivity index (χ2v) is 7.91. The second kappa shape index (κ2) is 8.14. The highest BCUT2D eigenvalue weighted by molar-refractivity contribution is 7.92. The molecule has 0 saturated heterocycles. The normalized spacial score (nSPS) is 11.3. The Bertz CT molecular complexity index is 959. The van der Waals surface area contributed by atoms with Gasteiger partial charge in [-0.2, -0.15) is 0 Å². The highest BCUT2D eigenvalue weighted by atomic mass is 32.2. The second-order valence-electron chi connectivity index (χ2n) is 6.05. The van der Waals surface area contributed by atoms with E-state index >= 15 is 0 Å². The Morgan fingerprint density at radius 3 is 2.48 bits per heavy atom. The molecule has 144 valence electrons. The van der Waals surface area contributed by atoms with E-state index in [0.717, 1.165) is 10.4 Å². The summed E-state index contributed by atoms with van der Waals surface area (Å²) in [4.78, 5) is 21.9. The highest BCUT2D eigenvalue weighted by Gasteiger charge is 2.30. The largest absolute Gasteiger partial charge is 0.293 e. The van der Waals surface area contributed by atoms with Gasteiger partial charge in [0.2, 0.25) is 0 Å². The van der Waals surface area contributed by atoms with Crippen molar-refractivity contribution in [3.8, 4) is 0 Å². The van der Waals surface area contributed by atoms with E-state index in [-0.39, 0.29) is 16.5 Å². The summed E-state index contributed by atoms with van der Waals surface area (Å²) in [6.45, 7) is 3.21. The molecule has 0 radical (unpaired) electrons. The molecule has 10 heteroatoms. The van der Waals surface area contributed by atoms with Gasteiger partial charge in [0, 0.05) is 12.1 Å². The van der Waals surface area contributed by atoms with Crippen LogP contribution in [0.15, 0.2) is 53.4 Å². The summed E-state index contributed by atoms with van der Waals surface area (Å²) in [6.07, 6.45) is 0. The zero-order valence-electron chi connectivity index (χ0n) is 14.8. The van der Waals surface area contributed by atoms with Crippen molar-refractivity contribution >= 4 is 27.3 Å². The fraction of sp³-hybridized carbons (Fsp3) is 0.235. The number of nitrogens with zero attached hydrogens (tertiary/aromatic N) is 2. The number of non-ortho nitro benzene ring substituents is 1. The first kappa shape index (κ1) is 20.3.